The van der Waals surface area contributed by atoms with Crippen LogP contribution in [0.1, 0.15) is 5.69 Å². The van der Waals surface area contributed by atoms with Gasteiger partial charge >= 0.3 is 11.7 Å². The van der Waals surface area contributed by atoms with Crippen molar-refractivity contribution < 1.29 is 14.8 Å². The smallest absolute Gasteiger partial charge is 0.311 e. The maximum atomic E-state index is 10.8. The lowest BCUT2D eigenvalue weighted by atomic mass is 10.0. The Morgan fingerprint density at radius 1 is 1.59 bits per heavy atom. The lowest BCUT2D eigenvalue weighted by Crippen LogP contribution is -2.51. The van der Waals surface area contributed by atoms with E-state index in [1.807, 2.05) is 0 Å². The van der Waals surface area contributed by atoms with E-state index in [2.05, 4.69) is 4.98 Å². The second kappa shape index (κ2) is 4.00. The summed E-state index contributed by atoms with van der Waals surface area (Å²) in [5, 5.41) is 19.6. The fourth-order valence-corrected chi connectivity index (χ4v) is 1.72. The summed E-state index contributed by atoms with van der Waals surface area (Å²) in [6, 6.07) is 2.96. The molecule has 1 aromatic rings. The van der Waals surface area contributed by atoms with Gasteiger partial charge in [0, 0.05) is 24.8 Å². The molecule has 2 heterocycles. The van der Waals surface area contributed by atoms with Gasteiger partial charge in [-0.3, -0.25) is 14.9 Å². The van der Waals surface area contributed by atoms with Crippen LogP contribution in [0.2, 0.25) is 0 Å². The summed E-state index contributed by atoms with van der Waals surface area (Å²) in [4.78, 5) is 26.7. The van der Waals surface area contributed by atoms with Crippen LogP contribution in [-0.2, 0) is 4.79 Å². The van der Waals surface area contributed by atoms with Crippen molar-refractivity contribution in [2.45, 2.75) is 6.92 Å². The zero-order chi connectivity index (χ0) is 12.6. The number of rotatable bonds is 3. The van der Waals surface area contributed by atoms with Crippen molar-refractivity contribution in [3.05, 3.63) is 27.9 Å². The minimum Gasteiger partial charge on any atom is -0.481 e. The van der Waals surface area contributed by atoms with Crippen LogP contribution in [0.3, 0.4) is 0 Å². The lowest BCUT2D eigenvalue weighted by Gasteiger charge is -2.37. The zero-order valence-electron chi connectivity index (χ0n) is 9.16. The first kappa shape index (κ1) is 11.3. The van der Waals surface area contributed by atoms with Gasteiger partial charge in [0.1, 0.15) is 0 Å². The van der Waals surface area contributed by atoms with Crippen molar-refractivity contribution in [3.63, 3.8) is 0 Å². The van der Waals surface area contributed by atoms with Crippen LogP contribution < -0.4 is 4.90 Å². The van der Waals surface area contributed by atoms with Crippen LogP contribution in [0.25, 0.3) is 0 Å². The molecule has 2 rings (SSSR count). The van der Waals surface area contributed by atoms with Crippen molar-refractivity contribution in [1.82, 2.24) is 4.98 Å². The second-order valence-electron chi connectivity index (χ2n) is 3.99. The fourth-order valence-electron chi connectivity index (χ4n) is 1.72. The van der Waals surface area contributed by atoms with Gasteiger partial charge in [-0.25, -0.2) is 4.98 Å². The molecule has 7 heteroatoms. The molecule has 1 saturated heterocycles. The van der Waals surface area contributed by atoms with E-state index in [-0.39, 0.29) is 24.6 Å². The molecule has 7 nitrogen and oxygen atoms in total. The summed E-state index contributed by atoms with van der Waals surface area (Å²) in [5.41, 5.74) is 0.587. The van der Waals surface area contributed by atoms with Gasteiger partial charge in [0.2, 0.25) is 5.82 Å². The van der Waals surface area contributed by atoms with Crippen LogP contribution in [-0.4, -0.2) is 34.1 Å². The number of carbonyl (C=O) groups is 1. The predicted molar refractivity (Wildman–Crippen MR) is 59.0 cm³/mol. The molecule has 0 radical (unpaired) electrons. The average Bonchev–Trinajstić information content (AvgIpc) is 2.14. The van der Waals surface area contributed by atoms with Crippen LogP contribution in [0.4, 0.5) is 11.5 Å². The molecule has 1 N–H and O–H groups in total. The average molecular weight is 237 g/mol. The highest BCUT2D eigenvalue weighted by molar-refractivity contribution is 5.75. The quantitative estimate of drug-likeness (QED) is 0.617. The number of nitro groups is 1. The normalized spacial score (nSPS) is 15.5. The maximum absolute atomic E-state index is 10.8. The number of pyridine rings is 1. The molecule has 0 unspecified atom stereocenters. The van der Waals surface area contributed by atoms with Gasteiger partial charge < -0.3 is 10.0 Å². The van der Waals surface area contributed by atoms with Crippen molar-refractivity contribution in [3.8, 4) is 0 Å². The summed E-state index contributed by atoms with van der Waals surface area (Å²) in [6.07, 6.45) is 0. The second-order valence-corrected chi connectivity index (χ2v) is 3.99. The first-order chi connectivity index (χ1) is 7.99. The number of aryl methyl sites for hydroxylation is 1. The number of anilines is 1. The minimum absolute atomic E-state index is 0.0839. The minimum atomic E-state index is -0.878. The molecule has 1 aromatic heterocycles. The van der Waals surface area contributed by atoms with E-state index in [1.165, 1.54) is 6.07 Å². The number of carboxylic acid groups (broad SMARTS) is 1. The molecule has 0 aliphatic carbocycles. The van der Waals surface area contributed by atoms with Crippen molar-refractivity contribution >= 4 is 17.5 Å². The van der Waals surface area contributed by atoms with E-state index < -0.39 is 16.8 Å². The molecule has 0 aromatic carbocycles. The fraction of sp³-hybridized carbons (Fsp3) is 0.400. The van der Waals surface area contributed by atoms with E-state index in [1.54, 1.807) is 17.9 Å². The van der Waals surface area contributed by atoms with E-state index in [0.717, 1.165) is 0 Å². The highest BCUT2D eigenvalue weighted by atomic mass is 16.6. The van der Waals surface area contributed by atoms with Crippen LogP contribution in [0, 0.1) is 23.0 Å². The van der Waals surface area contributed by atoms with E-state index in [0.29, 0.717) is 5.69 Å². The van der Waals surface area contributed by atoms with Gasteiger partial charge in [0.15, 0.2) is 0 Å². The summed E-state index contributed by atoms with van der Waals surface area (Å²) >= 11 is 0. The number of aromatic nitrogens is 1. The first-order valence-electron chi connectivity index (χ1n) is 5.09. The number of carboxylic acids is 1. The van der Waals surface area contributed by atoms with E-state index in [4.69, 9.17) is 5.11 Å². The summed E-state index contributed by atoms with van der Waals surface area (Å²) in [6.45, 7) is 2.28. The van der Waals surface area contributed by atoms with Gasteiger partial charge in [-0.05, 0) is 13.0 Å². The first-order valence-corrected chi connectivity index (χ1v) is 5.09. The molecular weight excluding hydrogens is 226 g/mol. The van der Waals surface area contributed by atoms with Gasteiger partial charge in [0.05, 0.1) is 10.8 Å². The van der Waals surface area contributed by atoms with Gasteiger partial charge in [-0.1, -0.05) is 0 Å². The monoisotopic (exact) mass is 237 g/mol. The highest BCUT2D eigenvalue weighted by Gasteiger charge is 2.36. The molecule has 90 valence electrons. The number of hydrogen-bond acceptors (Lipinski definition) is 5. The molecular formula is C10H11N3O4. The third kappa shape index (κ3) is 2.03. The van der Waals surface area contributed by atoms with Gasteiger partial charge in [-0.15, -0.1) is 0 Å². The Hall–Kier alpha value is -2.18. The van der Waals surface area contributed by atoms with Gasteiger partial charge in [-0.2, -0.15) is 0 Å². The van der Waals surface area contributed by atoms with E-state index in [9.17, 15) is 14.9 Å². The topological polar surface area (TPSA) is 96.6 Å². The third-order valence-corrected chi connectivity index (χ3v) is 2.72. The molecule has 1 aliphatic rings. The number of nitrogens with zero attached hydrogens (tertiary/aromatic N) is 3. The summed E-state index contributed by atoms with van der Waals surface area (Å²) in [7, 11) is 0. The highest BCUT2D eigenvalue weighted by Crippen LogP contribution is 2.31. The Bertz CT molecular complexity index is 482. The third-order valence-electron chi connectivity index (χ3n) is 2.72. The Morgan fingerprint density at radius 3 is 2.76 bits per heavy atom. The Morgan fingerprint density at radius 2 is 2.24 bits per heavy atom. The van der Waals surface area contributed by atoms with Crippen LogP contribution >= 0.6 is 0 Å². The van der Waals surface area contributed by atoms with Crippen molar-refractivity contribution in [2.24, 2.45) is 5.92 Å². The molecule has 1 fully saturated rings. The maximum Gasteiger partial charge on any atom is 0.311 e. The predicted octanol–water partition coefficient (Wildman–Crippen LogP) is 0.819. The standard InChI is InChI=1S/C10H11N3O4/c1-6-2-3-8(13(16)17)9(11-6)12-4-7(5-12)10(14)15/h2-3,7H,4-5H2,1H3,(H,14,15). The molecule has 1 aliphatic heterocycles. The Kier molecular flexibility index (Phi) is 2.66. The van der Waals surface area contributed by atoms with E-state index >= 15 is 0 Å². The summed E-state index contributed by atoms with van der Waals surface area (Å²) in [5.74, 6) is -1.08. The van der Waals surface area contributed by atoms with Crippen molar-refractivity contribution in [2.75, 3.05) is 18.0 Å². The number of aliphatic carboxylic acids is 1. The molecule has 0 atom stereocenters. The zero-order valence-corrected chi connectivity index (χ0v) is 9.16. The van der Waals surface area contributed by atoms with Crippen LogP contribution in [0.15, 0.2) is 12.1 Å². The SMILES string of the molecule is Cc1ccc([N+](=O)[O-])c(N2CC(C(=O)O)C2)n1. The molecule has 0 amide bonds. The Labute approximate surface area is 96.8 Å². The molecule has 17 heavy (non-hydrogen) atoms. The van der Waals surface area contributed by atoms with Crippen LogP contribution in [0.5, 0.6) is 0 Å². The van der Waals surface area contributed by atoms with Gasteiger partial charge in [0.25, 0.3) is 0 Å². The molecule has 0 spiro atoms. The largest absolute Gasteiger partial charge is 0.481 e. The Balaban J connectivity index is 2.24. The molecule has 0 saturated carbocycles. The molecule has 0 bridgehead atoms. The lowest BCUT2D eigenvalue weighted by molar-refractivity contribution is -0.384. The van der Waals surface area contributed by atoms with Crippen molar-refractivity contribution in [1.29, 1.82) is 0 Å². The summed E-state index contributed by atoms with van der Waals surface area (Å²) < 4.78 is 0. The number of hydrogen-bond donors (Lipinski definition) is 1.